The lowest BCUT2D eigenvalue weighted by Crippen LogP contribution is -2.20. The molecule has 0 atom stereocenters. The molecule has 0 saturated heterocycles. The normalized spacial score (nSPS) is 12.5. The Labute approximate surface area is 127 Å². The SMILES string of the molecule is NC=NC=NCCn1ccc(-c2noc(C(F)(F)F)n2)cc1=O. The average Bonchev–Trinajstić information content (AvgIpc) is 2.98. The number of aromatic nitrogens is 3. The molecule has 2 heterocycles. The number of hydrogen-bond acceptors (Lipinski definition) is 5. The van der Waals surface area contributed by atoms with E-state index in [4.69, 9.17) is 5.73 Å². The zero-order valence-electron chi connectivity index (χ0n) is 11.6. The first-order valence-corrected chi connectivity index (χ1v) is 6.25. The van der Waals surface area contributed by atoms with E-state index in [2.05, 4.69) is 24.6 Å². The molecule has 2 aromatic rings. The molecular formula is C12H11F3N6O2. The van der Waals surface area contributed by atoms with E-state index in [1.54, 1.807) is 0 Å². The van der Waals surface area contributed by atoms with Crippen LogP contribution in [0.5, 0.6) is 0 Å². The fraction of sp³-hybridized carbons (Fsp3) is 0.250. The Morgan fingerprint density at radius 1 is 1.43 bits per heavy atom. The van der Waals surface area contributed by atoms with Gasteiger partial charge in [-0.05, 0) is 6.07 Å². The molecule has 0 aliphatic heterocycles. The Hall–Kier alpha value is -2.98. The van der Waals surface area contributed by atoms with E-state index in [1.807, 2.05) is 0 Å². The molecule has 0 saturated carbocycles. The first-order valence-electron chi connectivity index (χ1n) is 6.25. The molecule has 0 fully saturated rings. The second-order valence-electron chi connectivity index (χ2n) is 4.19. The predicted molar refractivity (Wildman–Crippen MR) is 75.0 cm³/mol. The highest BCUT2D eigenvalue weighted by atomic mass is 19.4. The second kappa shape index (κ2) is 6.85. The molecule has 0 aliphatic carbocycles. The molecule has 0 aliphatic rings. The molecule has 0 amide bonds. The third-order valence-corrected chi connectivity index (χ3v) is 2.63. The van der Waals surface area contributed by atoms with Gasteiger partial charge in [0, 0.05) is 24.4 Å². The van der Waals surface area contributed by atoms with Gasteiger partial charge in [0.1, 0.15) is 6.34 Å². The van der Waals surface area contributed by atoms with Crippen LogP contribution < -0.4 is 11.3 Å². The minimum atomic E-state index is -4.73. The van der Waals surface area contributed by atoms with Crippen LogP contribution in [0.4, 0.5) is 13.2 Å². The van der Waals surface area contributed by atoms with Crippen molar-refractivity contribution in [2.75, 3.05) is 6.54 Å². The van der Waals surface area contributed by atoms with E-state index in [0.717, 1.165) is 12.4 Å². The van der Waals surface area contributed by atoms with Crippen LogP contribution >= 0.6 is 0 Å². The number of halogens is 3. The van der Waals surface area contributed by atoms with Gasteiger partial charge in [0.15, 0.2) is 0 Å². The fourth-order valence-electron chi connectivity index (χ4n) is 1.60. The largest absolute Gasteiger partial charge is 0.471 e. The van der Waals surface area contributed by atoms with Crippen molar-refractivity contribution in [3.8, 4) is 11.4 Å². The molecule has 23 heavy (non-hydrogen) atoms. The highest BCUT2D eigenvalue weighted by molar-refractivity contribution is 5.69. The summed E-state index contributed by atoms with van der Waals surface area (Å²) in [5, 5.41) is 3.21. The Kier molecular flexibility index (Phi) is 4.88. The zero-order chi connectivity index (χ0) is 16.9. The summed E-state index contributed by atoms with van der Waals surface area (Å²) in [7, 11) is 0. The first kappa shape index (κ1) is 16.4. The number of rotatable bonds is 5. The van der Waals surface area contributed by atoms with Gasteiger partial charge in [-0.2, -0.15) is 18.2 Å². The van der Waals surface area contributed by atoms with E-state index >= 15 is 0 Å². The van der Waals surface area contributed by atoms with Crippen molar-refractivity contribution >= 4 is 12.7 Å². The molecule has 122 valence electrons. The number of nitrogens with two attached hydrogens (primary N) is 1. The standard InChI is InChI=1S/C12H11F3N6O2/c13-12(14,15)11-19-10(20-23-11)8-1-3-21(9(22)5-8)4-2-17-7-18-6-16/h1,3,5-7H,2,4H2,(H2,16,17,18). The van der Waals surface area contributed by atoms with Crippen LogP contribution in [0, 0.1) is 0 Å². The van der Waals surface area contributed by atoms with Crippen LogP contribution in [0.1, 0.15) is 5.89 Å². The van der Waals surface area contributed by atoms with Gasteiger partial charge in [-0.3, -0.25) is 9.79 Å². The number of nitrogens with zero attached hydrogens (tertiary/aromatic N) is 5. The topological polar surface area (TPSA) is 112 Å². The molecule has 0 unspecified atom stereocenters. The summed E-state index contributed by atoms with van der Waals surface area (Å²) in [6, 6.07) is 2.53. The second-order valence-corrected chi connectivity index (χ2v) is 4.19. The third-order valence-electron chi connectivity index (χ3n) is 2.63. The Morgan fingerprint density at radius 3 is 2.83 bits per heavy atom. The predicted octanol–water partition coefficient (Wildman–Crippen LogP) is 0.932. The zero-order valence-corrected chi connectivity index (χ0v) is 11.6. The van der Waals surface area contributed by atoms with Crippen LogP contribution in [0.2, 0.25) is 0 Å². The number of alkyl halides is 3. The van der Waals surface area contributed by atoms with Crippen LogP contribution in [0.15, 0.2) is 37.6 Å². The molecule has 11 heteroatoms. The smallest absolute Gasteiger partial charge is 0.390 e. The molecule has 0 aromatic carbocycles. The maximum absolute atomic E-state index is 12.4. The summed E-state index contributed by atoms with van der Waals surface area (Å²) in [4.78, 5) is 22.5. The van der Waals surface area contributed by atoms with Crippen molar-refractivity contribution in [2.45, 2.75) is 12.7 Å². The molecule has 2 aromatic heterocycles. The number of hydrogen-bond donors (Lipinski definition) is 1. The molecule has 8 nitrogen and oxygen atoms in total. The van der Waals surface area contributed by atoms with Crippen LogP contribution in [-0.4, -0.2) is 33.9 Å². The van der Waals surface area contributed by atoms with E-state index in [-0.39, 0.29) is 24.5 Å². The van der Waals surface area contributed by atoms with Gasteiger partial charge < -0.3 is 14.8 Å². The van der Waals surface area contributed by atoms with Crippen molar-refractivity contribution in [1.29, 1.82) is 0 Å². The molecule has 0 spiro atoms. The minimum Gasteiger partial charge on any atom is -0.390 e. The van der Waals surface area contributed by atoms with Crippen LogP contribution in [0.25, 0.3) is 11.4 Å². The van der Waals surface area contributed by atoms with E-state index in [0.29, 0.717) is 0 Å². The monoisotopic (exact) mass is 328 g/mol. The van der Waals surface area contributed by atoms with Crippen LogP contribution in [0.3, 0.4) is 0 Å². The Bertz CT molecular complexity index is 778. The lowest BCUT2D eigenvalue weighted by molar-refractivity contribution is -0.159. The summed E-state index contributed by atoms with van der Waals surface area (Å²) in [5.74, 6) is -1.77. The maximum Gasteiger partial charge on any atom is 0.471 e. The van der Waals surface area contributed by atoms with Crippen LogP contribution in [-0.2, 0) is 12.7 Å². The van der Waals surface area contributed by atoms with Crippen molar-refractivity contribution in [3.05, 3.63) is 34.6 Å². The Balaban J connectivity index is 2.13. The van der Waals surface area contributed by atoms with Gasteiger partial charge in [0.2, 0.25) is 5.82 Å². The van der Waals surface area contributed by atoms with Gasteiger partial charge in [-0.25, -0.2) is 4.99 Å². The summed E-state index contributed by atoms with van der Waals surface area (Å²) in [6.45, 7) is 0.562. The summed E-state index contributed by atoms with van der Waals surface area (Å²) in [5.41, 5.74) is 4.71. The van der Waals surface area contributed by atoms with E-state index < -0.39 is 17.6 Å². The minimum absolute atomic E-state index is 0.127. The summed E-state index contributed by atoms with van der Waals surface area (Å²) >= 11 is 0. The van der Waals surface area contributed by atoms with Gasteiger partial charge in [-0.15, -0.1) is 0 Å². The third kappa shape index (κ3) is 4.25. The van der Waals surface area contributed by atoms with Crippen molar-refractivity contribution in [3.63, 3.8) is 0 Å². The highest BCUT2D eigenvalue weighted by Crippen LogP contribution is 2.28. The highest BCUT2D eigenvalue weighted by Gasteiger charge is 2.38. The lowest BCUT2D eigenvalue weighted by atomic mass is 10.2. The molecule has 0 radical (unpaired) electrons. The summed E-state index contributed by atoms with van der Waals surface area (Å²) in [6.07, 6.45) is -1.00. The quantitative estimate of drug-likeness (QED) is 0.648. The molecule has 2 rings (SSSR count). The van der Waals surface area contributed by atoms with Gasteiger partial charge in [0.05, 0.1) is 12.9 Å². The van der Waals surface area contributed by atoms with E-state index in [1.165, 1.54) is 23.2 Å². The van der Waals surface area contributed by atoms with Crippen molar-refractivity contribution in [2.24, 2.45) is 15.7 Å². The van der Waals surface area contributed by atoms with Crippen molar-refractivity contribution in [1.82, 2.24) is 14.7 Å². The van der Waals surface area contributed by atoms with Gasteiger partial charge in [-0.1, -0.05) is 5.16 Å². The number of aliphatic imine (C=N–C) groups is 2. The molecule has 2 N–H and O–H groups in total. The average molecular weight is 328 g/mol. The molecule has 0 bridgehead atoms. The van der Waals surface area contributed by atoms with Crippen molar-refractivity contribution < 1.29 is 17.7 Å². The fourth-order valence-corrected chi connectivity index (χ4v) is 1.60. The summed E-state index contributed by atoms with van der Waals surface area (Å²) < 4.78 is 42.6. The first-order chi connectivity index (χ1) is 10.9. The number of pyridine rings is 1. The van der Waals surface area contributed by atoms with Gasteiger partial charge >= 0.3 is 12.1 Å². The lowest BCUT2D eigenvalue weighted by Gasteiger charge is -2.03. The van der Waals surface area contributed by atoms with Gasteiger partial charge in [0.25, 0.3) is 5.56 Å². The Morgan fingerprint density at radius 2 is 2.22 bits per heavy atom. The maximum atomic E-state index is 12.4. The molecular weight excluding hydrogens is 317 g/mol. The van der Waals surface area contributed by atoms with E-state index in [9.17, 15) is 18.0 Å².